The smallest absolute Gasteiger partial charge is 0.372 e. The molecule has 1 N–H and O–H groups in total. The Morgan fingerprint density at radius 1 is 0.963 bits per heavy atom. The number of benzene rings is 2. The number of carboxylic acids is 1. The monoisotopic (exact) mass is 367 g/mol. The molecular formula is C21H21NO5. The predicted octanol–water partition coefficient (Wildman–Crippen LogP) is 2.34. The number of carbonyl (C=O) groups is 3. The number of aliphatic carboxylic acids is 1. The van der Waals surface area contributed by atoms with Gasteiger partial charge in [-0.25, -0.2) is 4.79 Å². The van der Waals surface area contributed by atoms with Gasteiger partial charge in [-0.2, -0.15) is 0 Å². The molecule has 0 bridgehead atoms. The van der Waals surface area contributed by atoms with E-state index < -0.39 is 24.0 Å². The third-order valence-electron chi connectivity index (χ3n) is 4.49. The maximum Gasteiger partial charge on any atom is 0.372 e. The molecule has 1 aliphatic heterocycles. The van der Waals surface area contributed by atoms with Crippen molar-refractivity contribution in [3.63, 3.8) is 0 Å². The maximum absolute atomic E-state index is 12.5. The molecular weight excluding hydrogens is 346 g/mol. The average Bonchev–Trinajstić information content (AvgIpc) is 2.69. The zero-order valence-corrected chi connectivity index (χ0v) is 14.9. The normalized spacial score (nSPS) is 14.0. The highest BCUT2D eigenvalue weighted by atomic mass is 16.5. The first-order chi connectivity index (χ1) is 13.0. The molecule has 2 aromatic carbocycles. The van der Waals surface area contributed by atoms with E-state index in [-0.39, 0.29) is 0 Å². The summed E-state index contributed by atoms with van der Waals surface area (Å²) in [6.45, 7) is 2.67. The van der Waals surface area contributed by atoms with E-state index in [1.54, 1.807) is 12.1 Å². The minimum atomic E-state index is -1.59. The van der Waals surface area contributed by atoms with E-state index in [0.717, 1.165) is 29.9 Å². The lowest BCUT2D eigenvalue weighted by atomic mass is 9.98. The molecule has 1 heterocycles. The van der Waals surface area contributed by atoms with E-state index in [1.807, 2.05) is 36.4 Å². The first kappa shape index (κ1) is 18.8. The quantitative estimate of drug-likeness (QED) is 0.459. The summed E-state index contributed by atoms with van der Waals surface area (Å²) < 4.78 is 5.39. The molecule has 6 heteroatoms. The number of ketones is 2. The van der Waals surface area contributed by atoms with Gasteiger partial charge in [-0.05, 0) is 35.7 Å². The number of carboxylic acid groups (broad SMARTS) is 1. The largest absolute Gasteiger partial charge is 0.475 e. The molecule has 1 fully saturated rings. The third kappa shape index (κ3) is 5.01. The molecule has 0 aromatic heterocycles. The average molecular weight is 367 g/mol. The first-order valence-corrected chi connectivity index (χ1v) is 8.83. The fraction of sp³-hybridized carbons (Fsp3) is 0.286. The summed E-state index contributed by atoms with van der Waals surface area (Å²) in [6.07, 6.45) is 0.0127. The number of rotatable bonds is 7. The van der Waals surface area contributed by atoms with Gasteiger partial charge >= 0.3 is 5.97 Å². The van der Waals surface area contributed by atoms with E-state index in [1.165, 1.54) is 0 Å². The van der Waals surface area contributed by atoms with Gasteiger partial charge < -0.3 is 14.7 Å². The van der Waals surface area contributed by atoms with Crippen LogP contribution in [0.3, 0.4) is 0 Å². The van der Waals surface area contributed by atoms with E-state index in [0.29, 0.717) is 25.2 Å². The SMILES string of the molecule is O=C(O)C(=O)CC(=O)c1cc(Cc2ccccc2)cc(N2CCOCC2)c1. The Morgan fingerprint density at radius 2 is 1.67 bits per heavy atom. The molecule has 3 rings (SSSR count). The van der Waals surface area contributed by atoms with Crippen LogP contribution in [0.1, 0.15) is 27.9 Å². The topological polar surface area (TPSA) is 83.9 Å². The summed E-state index contributed by atoms with van der Waals surface area (Å²) in [4.78, 5) is 36.8. The fourth-order valence-electron chi connectivity index (χ4n) is 3.10. The molecule has 0 aliphatic carbocycles. The van der Waals surface area contributed by atoms with Gasteiger partial charge in [0.25, 0.3) is 0 Å². The van der Waals surface area contributed by atoms with Crippen molar-refractivity contribution in [3.05, 3.63) is 65.2 Å². The van der Waals surface area contributed by atoms with Crippen molar-refractivity contribution in [2.24, 2.45) is 0 Å². The van der Waals surface area contributed by atoms with Crippen LogP contribution >= 0.6 is 0 Å². The van der Waals surface area contributed by atoms with Crippen LogP contribution in [0.25, 0.3) is 0 Å². The molecule has 27 heavy (non-hydrogen) atoms. The molecule has 0 unspecified atom stereocenters. The lowest BCUT2D eigenvalue weighted by molar-refractivity contribution is -0.148. The van der Waals surface area contributed by atoms with Gasteiger partial charge in [-0.15, -0.1) is 0 Å². The molecule has 0 atom stereocenters. The Labute approximate surface area is 157 Å². The molecule has 0 saturated carbocycles. The van der Waals surface area contributed by atoms with Crippen molar-refractivity contribution in [1.29, 1.82) is 0 Å². The molecule has 0 amide bonds. The Bertz CT molecular complexity index is 841. The summed E-state index contributed by atoms with van der Waals surface area (Å²) in [6, 6.07) is 15.4. The maximum atomic E-state index is 12.5. The van der Waals surface area contributed by atoms with Crippen molar-refractivity contribution in [3.8, 4) is 0 Å². The van der Waals surface area contributed by atoms with Gasteiger partial charge in [0, 0.05) is 24.3 Å². The van der Waals surface area contributed by atoms with Crippen LogP contribution in [-0.2, 0) is 20.7 Å². The van der Waals surface area contributed by atoms with Gasteiger partial charge in [0.05, 0.1) is 19.6 Å². The van der Waals surface area contributed by atoms with E-state index in [4.69, 9.17) is 9.84 Å². The third-order valence-corrected chi connectivity index (χ3v) is 4.49. The second kappa shape index (κ2) is 8.60. The van der Waals surface area contributed by atoms with Gasteiger partial charge in [0.1, 0.15) is 0 Å². The lowest BCUT2D eigenvalue weighted by Crippen LogP contribution is -2.36. The highest BCUT2D eigenvalue weighted by Crippen LogP contribution is 2.23. The van der Waals surface area contributed by atoms with Gasteiger partial charge in [-0.3, -0.25) is 9.59 Å². The van der Waals surface area contributed by atoms with Gasteiger partial charge in [0.2, 0.25) is 5.78 Å². The first-order valence-electron chi connectivity index (χ1n) is 8.83. The fourth-order valence-corrected chi connectivity index (χ4v) is 3.10. The summed E-state index contributed by atoms with van der Waals surface area (Å²) >= 11 is 0. The van der Waals surface area contributed by atoms with Crippen LogP contribution in [0.4, 0.5) is 5.69 Å². The predicted molar refractivity (Wildman–Crippen MR) is 100 cm³/mol. The van der Waals surface area contributed by atoms with Crippen LogP contribution in [0, 0.1) is 0 Å². The summed E-state index contributed by atoms with van der Waals surface area (Å²) in [5, 5.41) is 8.76. The summed E-state index contributed by atoms with van der Waals surface area (Å²) in [7, 11) is 0. The van der Waals surface area contributed by atoms with Crippen molar-refractivity contribution >= 4 is 23.2 Å². The summed E-state index contributed by atoms with van der Waals surface area (Å²) in [5.41, 5.74) is 3.30. The number of ether oxygens (including phenoxy) is 1. The van der Waals surface area contributed by atoms with E-state index in [9.17, 15) is 14.4 Å². The Balaban J connectivity index is 1.90. The van der Waals surface area contributed by atoms with Gasteiger partial charge in [-0.1, -0.05) is 30.3 Å². The Kier molecular flexibility index (Phi) is 5.98. The standard InChI is InChI=1S/C21H21NO5/c23-19(14-20(24)21(25)26)17-11-16(10-15-4-2-1-3-5-15)12-18(13-17)22-6-8-27-9-7-22/h1-5,11-13H,6-10,14H2,(H,25,26). The zero-order valence-electron chi connectivity index (χ0n) is 14.9. The van der Waals surface area contributed by atoms with Crippen LogP contribution < -0.4 is 4.90 Å². The highest BCUT2D eigenvalue weighted by Gasteiger charge is 2.20. The molecule has 2 aromatic rings. The van der Waals surface area contributed by atoms with Crippen molar-refractivity contribution in [1.82, 2.24) is 0 Å². The van der Waals surface area contributed by atoms with Crippen LogP contribution in [-0.4, -0.2) is 48.9 Å². The second-order valence-corrected chi connectivity index (χ2v) is 6.48. The number of nitrogens with zero attached hydrogens (tertiary/aromatic N) is 1. The number of hydrogen-bond donors (Lipinski definition) is 1. The lowest BCUT2D eigenvalue weighted by Gasteiger charge is -2.29. The number of anilines is 1. The minimum Gasteiger partial charge on any atom is -0.475 e. The number of Topliss-reactive ketones (excluding diaryl/α,β-unsaturated/α-hetero) is 2. The van der Waals surface area contributed by atoms with E-state index >= 15 is 0 Å². The number of morpholine rings is 1. The molecule has 1 saturated heterocycles. The molecule has 6 nitrogen and oxygen atoms in total. The second-order valence-electron chi connectivity index (χ2n) is 6.48. The van der Waals surface area contributed by atoms with Crippen LogP contribution in [0.5, 0.6) is 0 Å². The molecule has 140 valence electrons. The Morgan fingerprint density at radius 3 is 2.33 bits per heavy atom. The molecule has 0 radical (unpaired) electrons. The molecule has 1 aliphatic rings. The van der Waals surface area contributed by atoms with Crippen molar-refractivity contribution in [2.75, 3.05) is 31.2 Å². The number of carbonyl (C=O) groups excluding carboxylic acids is 2. The minimum absolute atomic E-state index is 0.361. The van der Waals surface area contributed by atoms with Gasteiger partial charge in [0.15, 0.2) is 5.78 Å². The zero-order chi connectivity index (χ0) is 19.2. The summed E-state index contributed by atoms with van der Waals surface area (Å²) in [5.74, 6) is -3.16. The van der Waals surface area contributed by atoms with E-state index in [2.05, 4.69) is 4.90 Å². The van der Waals surface area contributed by atoms with Crippen molar-refractivity contribution in [2.45, 2.75) is 12.8 Å². The van der Waals surface area contributed by atoms with Crippen molar-refractivity contribution < 1.29 is 24.2 Å². The van der Waals surface area contributed by atoms with Crippen LogP contribution in [0.2, 0.25) is 0 Å². The van der Waals surface area contributed by atoms with Crippen LogP contribution in [0.15, 0.2) is 48.5 Å². The number of hydrogen-bond acceptors (Lipinski definition) is 5. The highest BCUT2D eigenvalue weighted by molar-refractivity contribution is 6.37. The molecule has 0 spiro atoms. The Hall–Kier alpha value is -2.99.